The third-order valence-corrected chi connectivity index (χ3v) is 2.96. The highest BCUT2D eigenvalue weighted by Gasteiger charge is 2.05. The van der Waals surface area contributed by atoms with Gasteiger partial charge < -0.3 is 10.6 Å². The molecule has 2 aromatic rings. The fourth-order valence-electron chi connectivity index (χ4n) is 1.79. The largest absolute Gasteiger partial charge is 0.383 e. The summed E-state index contributed by atoms with van der Waals surface area (Å²) in [6.07, 6.45) is 0. The molecule has 0 aliphatic rings. The van der Waals surface area contributed by atoms with Crippen molar-refractivity contribution in [3.05, 3.63) is 59.1 Å². The van der Waals surface area contributed by atoms with E-state index in [1.165, 1.54) is 0 Å². The molecule has 0 saturated carbocycles. The second-order valence-corrected chi connectivity index (χ2v) is 5.27. The lowest BCUT2D eigenvalue weighted by Gasteiger charge is -2.11. The molecule has 0 spiro atoms. The molecule has 4 heteroatoms. The van der Waals surface area contributed by atoms with Gasteiger partial charge in [0.05, 0.1) is 0 Å². The molecule has 0 heterocycles. The second kappa shape index (κ2) is 6.44. The summed E-state index contributed by atoms with van der Waals surface area (Å²) in [5, 5.41) is 6.76. The molecule has 1 amide bonds. The number of carbonyl (C=O) groups is 1. The first-order valence-electron chi connectivity index (χ1n) is 6.48. The van der Waals surface area contributed by atoms with Gasteiger partial charge in [0.2, 0.25) is 0 Å². The number of amides is 1. The molecule has 0 atom stereocenters. The third kappa shape index (κ3) is 4.00. The maximum absolute atomic E-state index is 12.0. The zero-order valence-corrected chi connectivity index (χ0v) is 12.2. The predicted molar refractivity (Wildman–Crippen MR) is 84.6 cm³/mol. The van der Waals surface area contributed by atoms with E-state index in [0.717, 1.165) is 11.4 Å². The number of rotatable bonds is 4. The summed E-state index contributed by atoms with van der Waals surface area (Å²) in [5.41, 5.74) is 2.38. The van der Waals surface area contributed by atoms with E-state index in [9.17, 15) is 4.79 Å². The number of anilines is 2. The molecule has 104 valence electrons. The van der Waals surface area contributed by atoms with Crippen LogP contribution in [0.2, 0.25) is 5.02 Å². The van der Waals surface area contributed by atoms with E-state index >= 15 is 0 Å². The van der Waals surface area contributed by atoms with E-state index in [-0.39, 0.29) is 5.91 Å². The van der Waals surface area contributed by atoms with Crippen LogP contribution < -0.4 is 10.6 Å². The minimum absolute atomic E-state index is 0.147. The number of carbonyl (C=O) groups excluding carboxylic acids is 1. The average Bonchev–Trinajstić information content (AvgIpc) is 2.41. The Morgan fingerprint density at radius 2 is 1.50 bits per heavy atom. The zero-order valence-electron chi connectivity index (χ0n) is 11.5. The summed E-state index contributed by atoms with van der Waals surface area (Å²) in [7, 11) is 0. The Kier molecular flexibility index (Phi) is 4.64. The van der Waals surface area contributed by atoms with Crippen LogP contribution in [0.25, 0.3) is 0 Å². The molecule has 0 aromatic heterocycles. The smallest absolute Gasteiger partial charge is 0.255 e. The van der Waals surface area contributed by atoms with Crippen molar-refractivity contribution in [2.45, 2.75) is 19.9 Å². The lowest BCUT2D eigenvalue weighted by molar-refractivity contribution is 0.102. The lowest BCUT2D eigenvalue weighted by atomic mass is 10.2. The van der Waals surface area contributed by atoms with Crippen molar-refractivity contribution in [3.63, 3.8) is 0 Å². The Morgan fingerprint density at radius 3 is 2.05 bits per heavy atom. The third-order valence-electron chi connectivity index (χ3n) is 2.70. The van der Waals surface area contributed by atoms with Crippen molar-refractivity contribution in [3.8, 4) is 0 Å². The second-order valence-electron chi connectivity index (χ2n) is 4.84. The maximum Gasteiger partial charge on any atom is 0.255 e. The van der Waals surface area contributed by atoms with Gasteiger partial charge in [0.15, 0.2) is 0 Å². The molecule has 0 saturated heterocycles. The quantitative estimate of drug-likeness (QED) is 0.875. The zero-order chi connectivity index (χ0) is 14.5. The summed E-state index contributed by atoms with van der Waals surface area (Å²) in [6, 6.07) is 14.8. The Labute approximate surface area is 124 Å². The van der Waals surface area contributed by atoms with E-state index in [1.807, 2.05) is 24.3 Å². The van der Waals surface area contributed by atoms with Crippen LogP contribution in [-0.2, 0) is 0 Å². The van der Waals surface area contributed by atoms with Crippen LogP contribution in [0.15, 0.2) is 48.5 Å². The van der Waals surface area contributed by atoms with Gasteiger partial charge in [-0.05, 0) is 62.4 Å². The van der Waals surface area contributed by atoms with E-state index in [4.69, 9.17) is 11.6 Å². The first kappa shape index (κ1) is 14.4. The molecule has 0 aliphatic heterocycles. The molecule has 2 aromatic carbocycles. The first-order valence-corrected chi connectivity index (χ1v) is 6.86. The van der Waals surface area contributed by atoms with Crippen LogP contribution in [0.1, 0.15) is 24.2 Å². The van der Waals surface area contributed by atoms with Crippen LogP contribution in [0.4, 0.5) is 11.4 Å². The number of nitrogens with one attached hydrogen (secondary N) is 2. The van der Waals surface area contributed by atoms with Crippen molar-refractivity contribution in [1.29, 1.82) is 0 Å². The summed E-state index contributed by atoms with van der Waals surface area (Å²) in [4.78, 5) is 12.0. The van der Waals surface area contributed by atoms with Crippen LogP contribution in [-0.4, -0.2) is 11.9 Å². The van der Waals surface area contributed by atoms with Crippen molar-refractivity contribution in [2.75, 3.05) is 10.6 Å². The highest BCUT2D eigenvalue weighted by atomic mass is 35.5. The van der Waals surface area contributed by atoms with Crippen molar-refractivity contribution < 1.29 is 4.79 Å². The number of hydrogen-bond acceptors (Lipinski definition) is 2. The van der Waals surface area contributed by atoms with Gasteiger partial charge in [-0.15, -0.1) is 0 Å². The molecule has 0 radical (unpaired) electrons. The van der Waals surface area contributed by atoms with Crippen LogP contribution in [0.5, 0.6) is 0 Å². The topological polar surface area (TPSA) is 41.1 Å². The number of hydrogen-bond donors (Lipinski definition) is 2. The highest BCUT2D eigenvalue weighted by Crippen LogP contribution is 2.16. The molecular weight excluding hydrogens is 272 g/mol. The predicted octanol–water partition coefficient (Wildman–Crippen LogP) is 4.41. The van der Waals surface area contributed by atoms with Gasteiger partial charge in [-0.25, -0.2) is 0 Å². The van der Waals surface area contributed by atoms with E-state index in [0.29, 0.717) is 16.6 Å². The van der Waals surface area contributed by atoms with Gasteiger partial charge in [-0.2, -0.15) is 0 Å². The number of benzene rings is 2. The monoisotopic (exact) mass is 288 g/mol. The summed E-state index contributed by atoms with van der Waals surface area (Å²) in [5.74, 6) is -0.147. The molecule has 0 unspecified atom stereocenters. The summed E-state index contributed by atoms with van der Waals surface area (Å²) < 4.78 is 0. The normalized spacial score (nSPS) is 10.4. The summed E-state index contributed by atoms with van der Waals surface area (Å²) in [6.45, 7) is 4.16. The van der Waals surface area contributed by atoms with Gasteiger partial charge in [0.25, 0.3) is 5.91 Å². The van der Waals surface area contributed by atoms with E-state index < -0.39 is 0 Å². The van der Waals surface area contributed by atoms with E-state index in [1.54, 1.807) is 24.3 Å². The Morgan fingerprint density at radius 1 is 0.950 bits per heavy atom. The Bertz CT molecular complexity index is 576. The molecule has 0 aliphatic carbocycles. The minimum Gasteiger partial charge on any atom is -0.383 e. The van der Waals surface area contributed by atoms with Crippen molar-refractivity contribution in [2.24, 2.45) is 0 Å². The fraction of sp³-hybridized carbons (Fsp3) is 0.188. The number of halogens is 1. The lowest BCUT2D eigenvalue weighted by Crippen LogP contribution is -2.12. The Hall–Kier alpha value is -2.00. The molecule has 0 fully saturated rings. The average molecular weight is 289 g/mol. The van der Waals surface area contributed by atoms with Crippen LogP contribution in [0.3, 0.4) is 0 Å². The van der Waals surface area contributed by atoms with Crippen LogP contribution >= 0.6 is 11.6 Å². The molecule has 0 bridgehead atoms. The van der Waals surface area contributed by atoms with Crippen LogP contribution in [0, 0.1) is 0 Å². The van der Waals surface area contributed by atoms with Gasteiger partial charge >= 0.3 is 0 Å². The maximum atomic E-state index is 12.0. The molecule has 3 nitrogen and oxygen atoms in total. The molecule has 20 heavy (non-hydrogen) atoms. The van der Waals surface area contributed by atoms with Gasteiger partial charge in [0.1, 0.15) is 0 Å². The van der Waals surface area contributed by atoms with Gasteiger partial charge in [-0.3, -0.25) is 4.79 Å². The summed E-state index contributed by atoms with van der Waals surface area (Å²) >= 11 is 5.80. The fourth-order valence-corrected chi connectivity index (χ4v) is 1.91. The standard InChI is InChI=1S/C16H17ClN2O/c1-11(2)18-14-7-9-15(10-8-14)19-16(20)12-3-5-13(17)6-4-12/h3-11,18H,1-2H3,(H,19,20). The van der Waals surface area contributed by atoms with E-state index in [2.05, 4.69) is 24.5 Å². The van der Waals surface area contributed by atoms with Gasteiger partial charge in [0, 0.05) is 28.0 Å². The highest BCUT2D eigenvalue weighted by molar-refractivity contribution is 6.30. The molecular formula is C16H17ClN2O. The van der Waals surface area contributed by atoms with Gasteiger partial charge in [-0.1, -0.05) is 11.6 Å². The minimum atomic E-state index is -0.147. The van der Waals surface area contributed by atoms with Crippen molar-refractivity contribution in [1.82, 2.24) is 0 Å². The first-order chi connectivity index (χ1) is 9.54. The SMILES string of the molecule is CC(C)Nc1ccc(NC(=O)c2ccc(Cl)cc2)cc1. The Balaban J connectivity index is 2.02. The van der Waals surface area contributed by atoms with Crippen molar-refractivity contribution >= 4 is 28.9 Å². The molecule has 2 N–H and O–H groups in total. The molecule has 2 rings (SSSR count).